The molecule has 2 N–H and O–H groups in total. The first-order valence-corrected chi connectivity index (χ1v) is 11.6. The summed E-state index contributed by atoms with van der Waals surface area (Å²) in [5.74, 6) is 6.43. The summed E-state index contributed by atoms with van der Waals surface area (Å²) < 4.78 is 5.84. The lowest BCUT2D eigenvalue weighted by Gasteiger charge is -2.15. The molecule has 4 rings (SSSR count). The van der Waals surface area contributed by atoms with Gasteiger partial charge in [-0.1, -0.05) is 35.6 Å². The molecule has 0 saturated heterocycles. The second-order valence-electron chi connectivity index (χ2n) is 9.29. The number of ether oxygens (including phenoxy) is 1. The van der Waals surface area contributed by atoms with Gasteiger partial charge in [0.2, 0.25) is 0 Å². The summed E-state index contributed by atoms with van der Waals surface area (Å²) in [6.07, 6.45) is 2.89. The zero-order valence-electron chi connectivity index (χ0n) is 20.1. The average Bonchev–Trinajstić information content (AvgIpc) is 2.97. The number of carbonyl (C=O) groups excluding carboxylic acids is 2. The summed E-state index contributed by atoms with van der Waals surface area (Å²) in [4.78, 5) is 30.0. The molecule has 1 heterocycles. The Morgan fingerprint density at radius 1 is 1.09 bits per heavy atom. The highest BCUT2D eigenvalue weighted by Crippen LogP contribution is 2.23. The number of hydrogen-bond acceptors (Lipinski definition) is 5. The molecular formula is C29H28N2O4. The molecular weight excluding hydrogens is 440 g/mol. The zero-order chi connectivity index (χ0) is 25.0. The van der Waals surface area contributed by atoms with Crippen LogP contribution in [-0.4, -0.2) is 33.4 Å². The van der Waals surface area contributed by atoms with E-state index < -0.39 is 17.6 Å². The number of nitrogens with one attached hydrogen (secondary N) is 1. The van der Waals surface area contributed by atoms with Crippen molar-refractivity contribution in [3.05, 3.63) is 88.7 Å². The fourth-order valence-electron chi connectivity index (χ4n) is 3.84. The Morgan fingerprint density at radius 2 is 1.86 bits per heavy atom. The highest BCUT2D eigenvalue weighted by Gasteiger charge is 2.26. The van der Waals surface area contributed by atoms with Crippen LogP contribution in [0.25, 0.3) is 0 Å². The molecule has 178 valence electrons. The van der Waals surface area contributed by atoms with Gasteiger partial charge in [-0.05, 0) is 75.1 Å². The third-order valence-electron chi connectivity index (χ3n) is 5.70. The SMILES string of the molecule is Cc1ccc(Oc2ccnc(C(=O)N[C@@H]3CCc4ccc(C#CC(C)(C)O)cc4CC3=O)c2)cc1. The number of benzene rings is 2. The summed E-state index contributed by atoms with van der Waals surface area (Å²) in [5.41, 5.74) is 2.94. The Labute approximate surface area is 205 Å². The minimum atomic E-state index is -1.09. The number of amides is 1. The lowest BCUT2D eigenvalue weighted by molar-refractivity contribution is -0.120. The van der Waals surface area contributed by atoms with Gasteiger partial charge in [0, 0.05) is 24.2 Å². The van der Waals surface area contributed by atoms with Crippen LogP contribution in [0.2, 0.25) is 0 Å². The van der Waals surface area contributed by atoms with Crippen LogP contribution in [0, 0.1) is 18.8 Å². The van der Waals surface area contributed by atoms with Crippen LogP contribution < -0.4 is 10.1 Å². The lowest BCUT2D eigenvalue weighted by Crippen LogP contribution is -2.41. The van der Waals surface area contributed by atoms with Crippen molar-refractivity contribution in [3.8, 4) is 23.3 Å². The third kappa shape index (κ3) is 6.56. The zero-order valence-corrected chi connectivity index (χ0v) is 20.1. The van der Waals surface area contributed by atoms with Gasteiger partial charge in [0.15, 0.2) is 5.78 Å². The van der Waals surface area contributed by atoms with Gasteiger partial charge in [0.25, 0.3) is 5.91 Å². The number of Topliss-reactive ketones (excluding diaryl/α,β-unsaturated/α-hetero) is 1. The van der Waals surface area contributed by atoms with E-state index >= 15 is 0 Å². The van der Waals surface area contributed by atoms with Gasteiger partial charge in [-0.25, -0.2) is 0 Å². The van der Waals surface area contributed by atoms with Crippen molar-refractivity contribution in [1.29, 1.82) is 0 Å². The molecule has 35 heavy (non-hydrogen) atoms. The van der Waals surface area contributed by atoms with Crippen LogP contribution in [0.5, 0.6) is 11.5 Å². The van der Waals surface area contributed by atoms with Crippen molar-refractivity contribution in [3.63, 3.8) is 0 Å². The minimum absolute atomic E-state index is 0.0586. The molecule has 1 atom stereocenters. The Kier molecular flexibility index (Phi) is 6.99. The third-order valence-corrected chi connectivity index (χ3v) is 5.70. The maximum absolute atomic E-state index is 13.0. The molecule has 1 aliphatic rings. The molecule has 0 aliphatic heterocycles. The first kappa shape index (κ1) is 24.2. The van der Waals surface area contributed by atoms with Gasteiger partial charge >= 0.3 is 0 Å². The number of aromatic nitrogens is 1. The second kappa shape index (κ2) is 10.1. The van der Waals surface area contributed by atoms with Gasteiger partial charge in [0.1, 0.15) is 22.8 Å². The quantitative estimate of drug-likeness (QED) is 0.443. The van der Waals surface area contributed by atoms with E-state index in [9.17, 15) is 14.7 Å². The Bertz CT molecular complexity index is 1310. The molecule has 0 saturated carbocycles. The average molecular weight is 469 g/mol. The van der Waals surface area contributed by atoms with Crippen LogP contribution in [0.4, 0.5) is 0 Å². The maximum atomic E-state index is 13.0. The van der Waals surface area contributed by atoms with Crippen molar-refractivity contribution in [2.24, 2.45) is 0 Å². The number of rotatable bonds is 4. The van der Waals surface area contributed by atoms with Gasteiger partial charge in [-0.3, -0.25) is 14.6 Å². The Hall–Kier alpha value is -3.95. The van der Waals surface area contributed by atoms with Gasteiger partial charge < -0.3 is 15.2 Å². The molecule has 1 amide bonds. The number of ketones is 1. The van der Waals surface area contributed by atoms with Crippen LogP contribution >= 0.6 is 0 Å². The van der Waals surface area contributed by atoms with E-state index in [1.165, 1.54) is 6.20 Å². The fraction of sp³-hybridized carbons (Fsp3) is 0.276. The monoisotopic (exact) mass is 468 g/mol. The molecule has 2 aromatic carbocycles. The summed E-state index contributed by atoms with van der Waals surface area (Å²) in [6, 6.07) is 16.0. The topological polar surface area (TPSA) is 88.5 Å². The molecule has 1 aromatic heterocycles. The molecule has 0 unspecified atom stereocenters. The van der Waals surface area contributed by atoms with Crippen molar-refractivity contribution < 1.29 is 19.4 Å². The van der Waals surface area contributed by atoms with Crippen LogP contribution in [0.3, 0.4) is 0 Å². The molecule has 0 spiro atoms. The van der Waals surface area contributed by atoms with Crippen molar-refractivity contribution in [2.75, 3.05) is 0 Å². The predicted octanol–water partition coefficient (Wildman–Crippen LogP) is 4.16. The molecule has 1 aliphatic carbocycles. The van der Waals surface area contributed by atoms with Crippen molar-refractivity contribution in [2.45, 2.75) is 51.7 Å². The molecule has 0 bridgehead atoms. The number of nitrogens with zero attached hydrogens (tertiary/aromatic N) is 1. The molecule has 6 nitrogen and oxygen atoms in total. The summed E-state index contributed by atoms with van der Waals surface area (Å²) in [7, 11) is 0. The van der Waals surface area contributed by atoms with Crippen molar-refractivity contribution >= 4 is 11.7 Å². The maximum Gasteiger partial charge on any atom is 0.270 e. The van der Waals surface area contributed by atoms with Gasteiger partial charge in [0.05, 0.1) is 6.04 Å². The highest BCUT2D eigenvalue weighted by atomic mass is 16.5. The summed E-state index contributed by atoms with van der Waals surface area (Å²) in [5, 5.41) is 12.7. The molecule has 0 fully saturated rings. The Morgan fingerprint density at radius 3 is 2.60 bits per heavy atom. The smallest absolute Gasteiger partial charge is 0.270 e. The number of hydrogen-bond donors (Lipinski definition) is 2. The van der Waals surface area contributed by atoms with Gasteiger partial charge in [-0.2, -0.15) is 0 Å². The first-order valence-electron chi connectivity index (χ1n) is 11.6. The van der Waals surface area contributed by atoms with E-state index in [0.717, 1.165) is 22.3 Å². The Balaban J connectivity index is 1.44. The number of aliphatic hydroxyl groups is 1. The number of fused-ring (bicyclic) bond motifs is 1. The largest absolute Gasteiger partial charge is 0.457 e. The fourth-order valence-corrected chi connectivity index (χ4v) is 3.84. The molecule has 3 aromatic rings. The number of pyridine rings is 1. The second-order valence-corrected chi connectivity index (χ2v) is 9.29. The normalized spacial score (nSPS) is 15.3. The van der Waals surface area contributed by atoms with Crippen molar-refractivity contribution in [1.82, 2.24) is 10.3 Å². The van der Waals surface area contributed by atoms with Crippen LogP contribution in [-0.2, 0) is 17.6 Å². The number of aryl methyl sites for hydroxylation is 2. The van der Waals surface area contributed by atoms with E-state index in [2.05, 4.69) is 22.1 Å². The number of carbonyl (C=O) groups is 2. The molecule has 0 radical (unpaired) electrons. The van der Waals surface area contributed by atoms with E-state index in [4.69, 9.17) is 4.74 Å². The van der Waals surface area contributed by atoms with Crippen LogP contribution in [0.15, 0.2) is 60.8 Å². The lowest BCUT2D eigenvalue weighted by atomic mass is 9.99. The summed E-state index contributed by atoms with van der Waals surface area (Å²) in [6.45, 7) is 5.25. The van der Waals surface area contributed by atoms with Crippen LogP contribution in [0.1, 0.15) is 53.0 Å². The standard InChI is InChI=1S/C29H28N2O4/c1-19-4-9-23(10-5-19)35-24-13-15-30-26(18-24)28(33)31-25-11-8-21-7-6-20(12-14-29(2,3)34)16-22(21)17-27(25)32/h4-7,9-10,13,15-16,18,25,34H,8,11,17H2,1-3H3,(H,31,33)/t25-/m1/s1. The first-order chi connectivity index (χ1) is 16.7. The van der Waals surface area contributed by atoms with E-state index in [0.29, 0.717) is 24.3 Å². The van der Waals surface area contributed by atoms with Gasteiger partial charge in [-0.15, -0.1) is 0 Å². The molecule has 6 heteroatoms. The van der Waals surface area contributed by atoms with E-state index in [1.807, 2.05) is 49.4 Å². The van der Waals surface area contributed by atoms with E-state index in [-0.39, 0.29) is 17.9 Å². The summed E-state index contributed by atoms with van der Waals surface area (Å²) >= 11 is 0. The minimum Gasteiger partial charge on any atom is -0.457 e. The highest BCUT2D eigenvalue weighted by molar-refractivity contribution is 5.97. The van der Waals surface area contributed by atoms with E-state index in [1.54, 1.807) is 26.0 Å². The predicted molar refractivity (Wildman–Crippen MR) is 133 cm³/mol.